The van der Waals surface area contributed by atoms with Gasteiger partial charge < -0.3 is 4.98 Å². The molecule has 0 unspecified atom stereocenters. The van der Waals surface area contributed by atoms with E-state index in [9.17, 15) is 0 Å². The van der Waals surface area contributed by atoms with Crippen LogP contribution < -0.4 is 0 Å². The van der Waals surface area contributed by atoms with Crippen LogP contribution in [-0.4, -0.2) is 9.97 Å². The fourth-order valence-electron chi connectivity index (χ4n) is 1.67. The summed E-state index contributed by atoms with van der Waals surface area (Å²) < 4.78 is 0. The molecule has 0 aliphatic heterocycles. The molecule has 0 saturated carbocycles. The summed E-state index contributed by atoms with van der Waals surface area (Å²) in [7, 11) is 0. The van der Waals surface area contributed by atoms with Crippen molar-refractivity contribution in [3.05, 3.63) is 53.0 Å². The van der Waals surface area contributed by atoms with E-state index < -0.39 is 0 Å². The normalized spacial score (nSPS) is 10.6. The molecule has 2 heterocycles. The van der Waals surface area contributed by atoms with E-state index in [0.29, 0.717) is 5.15 Å². The van der Waals surface area contributed by atoms with Crippen LogP contribution in [0.3, 0.4) is 0 Å². The third-order valence-electron chi connectivity index (χ3n) is 2.46. The van der Waals surface area contributed by atoms with Gasteiger partial charge in [-0.05, 0) is 11.4 Å². The second-order valence-electron chi connectivity index (χ2n) is 3.59. The van der Waals surface area contributed by atoms with E-state index in [1.54, 1.807) is 11.3 Å². The molecule has 1 N–H and O–H groups in total. The molecule has 0 aliphatic carbocycles. The first-order valence-electron chi connectivity index (χ1n) is 5.19. The Morgan fingerprint density at radius 1 is 1.06 bits per heavy atom. The lowest BCUT2D eigenvalue weighted by Gasteiger charge is -1.95. The van der Waals surface area contributed by atoms with E-state index in [4.69, 9.17) is 11.6 Å². The van der Waals surface area contributed by atoms with Crippen LogP contribution in [0.25, 0.3) is 22.0 Å². The molecule has 84 valence electrons. The third-order valence-corrected chi connectivity index (χ3v) is 3.61. The fourth-order valence-corrected chi connectivity index (χ4v) is 2.58. The number of benzene rings is 1. The molecular formula is C13H9ClN2S. The Balaban J connectivity index is 2.08. The molecule has 3 rings (SSSR count). The predicted octanol–water partition coefficient (Wildman–Crippen LogP) is 4.46. The van der Waals surface area contributed by atoms with Gasteiger partial charge in [-0.15, -0.1) is 11.3 Å². The van der Waals surface area contributed by atoms with E-state index in [-0.39, 0.29) is 0 Å². The molecule has 0 atom stereocenters. The largest absolute Gasteiger partial charge is 0.328 e. The van der Waals surface area contributed by atoms with Crippen molar-refractivity contribution in [1.29, 1.82) is 0 Å². The van der Waals surface area contributed by atoms with Gasteiger partial charge in [-0.1, -0.05) is 48.0 Å². The summed E-state index contributed by atoms with van der Waals surface area (Å²) in [5.74, 6) is 0.823. The molecule has 0 amide bonds. The smallest absolute Gasteiger partial charge is 0.149 e. The minimum Gasteiger partial charge on any atom is -0.328 e. The molecule has 3 aromatic rings. The number of hydrogen-bond donors (Lipinski definition) is 1. The SMILES string of the molecule is Clc1[nH]c(-c2cccs2)nc1-c1ccccc1. The Kier molecular flexibility index (Phi) is 2.71. The van der Waals surface area contributed by atoms with Gasteiger partial charge >= 0.3 is 0 Å². The number of nitrogens with one attached hydrogen (secondary N) is 1. The van der Waals surface area contributed by atoms with Crippen LogP contribution in [0.5, 0.6) is 0 Å². The first kappa shape index (κ1) is 10.6. The monoisotopic (exact) mass is 260 g/mol. The Morgan fingerprint density at radius 2 is 1.88 bits per heavy atom. The van der Waals surface area contributed by atoms with Gasteiger partial charge in [0.2, 0.25) is 0 Å². The maximum atomic E-state index is 6.18. The van der Waals surface area contributed by atoms with E-state index in [2.05, 4.69) is 9.97 Å². The number of hydrogen-bond acceptors (Lipinski definition) is 2. The predicted molar refractivity (Wildman–Crippen MR) is 72.3 cm³/mol. The highest BCUT2D eigenvalue weighted by Gasteiger charge is 2.11. The van der Waals surface area contributed by atoms with Crippen LogP contribution in [0.4, 0.5) is 0 Å². The van der Waals surface area contributed by atoms with Crippen molar-refractivity contribution >= 4 is 22.9 Å². The first-order chi connectivity index (χ1) is 8.34. The second kappa shape index (κ2) is 4.35. The zero-order valence-electron chi connectivity index (χ0n) is 8.85. The van der Waals surface area contributed by atoms with Crippen LogP contribution in [0.15, 0.2) is 47.8 Å². The van der Waals surface area contributed by atoms with E-state index in [1.165, 1.54) is 0 Å². The number of nitrogens with zero attached hydrogens (tertiary/aromatic N) is 1. The quantitative estimate of drug-likeness (QED) is 0.724. The summed E-state index contributed by atoms with van der Waals surface area (Å²) in [5.41, 5.74) is 1.83. The topological polar surface area (TPSA) is 28.7 Å². The summed E-state index contributed by atoms with van der Waals surface area (Å²) in [6.07, 6.45) is 0. The molecule has 2 aromatic heterocycles. The summed E-state index contributed by atoms with van der Waals surface area (Å²) >= 11 is 7.82. The number of H-pyrrole nitrogens is 1. The first-order valence-corrected chi connectivity index (χ1v) is 6.45. The van der Waals surface area contributed by atoms with Gasteiger partial charge in [0.25, 0.3) is 0 Å². The van der Waals surface area contributed by atoms with Crippen molar-refractivity contribution in [2.45, 2.75) is 0 Å². The van der Waals surface area contributed by atoms with E-state index in [0.717, 1.165) is 22.0 Å². The minimum atomic E-state index is 0.583. The van der Waals surface area contributed by atoms with Crippen molar-refractivity contribution in [2.24, 2.45) is 0 Å². The number of halogens is 1. The lowest BCUT2D eigenvalue weighted by molar-refractivity contribution is 1.33. The number of aromatic amines is 1. The highest BCUT2D eigenvalue weighted by atomic mass is 35.5. The van der Waals surface area contributed by atoms with Crippen LogP contribution in [0.1, 0.15) is 0 Å². The molecule has 0 aliphatic rings. The summed E-state index contributed by atoms with van der Waals surface area (Å²) in [6, 6.07) is 14.0. The van der Waals surface area contributed by atoms with Crippen LogP contribution >= 0.6 is 22.9 Å². The lowest BCUT2D eigenvalue weighted by Crippen LogP contribution is -1.77. The number of imidazole rings is 1. The summed E-state index contributed by atoms with van der Waals surface area (Å²) in [4.78, 5) is 8.75. The van der Waals surface area contributed by atoms with Gasteiger partial charge in [-0.3, -0.25) is 0 Å². The molecule has 2 nitrogen and oxygen atoms in total. The standard InChI is InChI=1S/C13H9ClN2S/c14-12-11(9-5-2-1-3-6-9)15-13(16-12)10-7-4-8-17-10/h1-8H,(H,15,16). The molecular weight excluding hydrogens is 252 g/mol. The summed E-state index contributed by atoms with van der Waals surface area (Å²) in [5, 5.41) is 2.60. The van der Waals surface area contributed by atoms with Gasteiger partial charge in [0.05, 0.1) is 4.88 Å². The van der Waals surface area contributed by atoms with Gasteiger partial charge in [0.1, 0.15) is 16.7 Å². The second-order valence-corrected chi connectivity index (χ2v) is 4.92. The van der Waals surface area contributed by atoms with Gasteiger partial charge in [-0.2, -0.15) is 0 Å². The Labute approximate surface area is 108 Å². The van der Waals surface area contributed by atoms with Gasteiger partial charge in [0.15, 0.2) is 0 Å². The highest BCUT2D eigenvalue weighted by molar-refractivity contribution is 7.13. The zero-order valence-corrected chi connectivity index (χ0v) is 10.4. The van der Waals surface area contributed by atoms with Crippen LogP contribution in [-0.2, 0) is 0 Å². The van der Waals surface area contributed by atoms with Crippen LogP contribution in [0, 0.1) is 0 Å². The Bertz CT molecular complexity index is 614. The van der Waals surface area contributed by atoms with Crippen LogP contribution in [0.2, 0.25) is 5.15 Å². The zero-order chi connectivity index (χ0) is 11.7. The van der Waals surface area contributed by atoms with Crippen molar-refractivity contribution < 1.29 is 0 Å². The minimum absolute atomic E-state index is 0.583. The maximum Gasteiger partial charge on any atom is 0.149 e. The fraction of sp³-hybridized carbons (Fsp3) is 0. The average molecular weight is 261 g/mol. The average Bonchev–Trinajstić information content (AvgIpc) is 2.99. The van der Waals surface area contributed by atoms with Crippen molar-refractivity contribution in [2.75, 3.05) is 0 Å². The van der Waals surface area contributed by atoms with Gasteiger partial charge in [-0.25, -0.2) is 4.98 Å². The van der Waals surface area contributed by atoms with Gasteiger partial charge in [0, 0.05) is 5.56 Å². The van der Waals surface area contributed by atoms with Crippen molar-refractivity contribution in [3.63, 3.8) is 0 Å². The van der Waals surface area contributed by atoms with Crippen molar-refractivity contribution in [1.82, 2.24) is 9.97 Å². The Hall–Kier alpha value is -1.58. The number of thiophene rings is 1. The highest BCUT2D eigenvalue weighted by Crippen LogP contribution is 2.30. The molecule has 1 aromatic carbocycles. The van der Waals surface area contributed by atoms with E-state index >= 15 is 0 Å². The molecule has 0 saturated heterocycles. The Morgan fingerprint density at radius 3 is 2.59 bits per heavy atom. The molecule has 0 spiro atoms. The lowest BCUT2D eigenvalue weighted by atomic mass is 10.2. The molecule has 0 bridgehead atoms. The molecule has 0 fully saturated rings. The molecule has 0 radical (unpaired) electrons. The maximum absolute atomic E-state index is 6.18. The number of aromatic nitrogens is 2. The summed E-state index contributed by atoms with van der Waals surface area (Å²) in [6.45, 7) is 0. The number of rotatable bonds is 2. The molecule has 4 heteroatoms. The van der Waals surface area contributed by atoms with Crippen molar-refractivity contribution in [3.8, 4) is 22.0 Å². The van der Waals surface area contributed by atoms with E-state index in [1.807, 2.05) is 47.8 Å². The molecule has 17 heavy (non-hydrogen) atoms. The third kappa shape index (κ3) is 1.99.